The molecule has 1 aromatic rings. The molecule has 0 aliphatic carbocycles. The lowest BCUT2D eigenvalue weighted by molar-refractivity contribution is -0.120. The summed E-state index contributed by atoms with van der Waals surface area (Å²) in [5.74, 6) is 0.163. The van der Waals surface area contributed by atoms with Gasteiger partial charge in [0, 0.05) is 25.4 Å². The number of rotatable bonds is 4. The highest BCUT2D eigenvalue weighted by Gasteiger charge is 2.19. The van der Waals surface area contributed by atoms with Gasteiger partial charge in [-0.25, -0.2) is 8.42 Å². The van der Waals surface area contributed by atoms with Crippen LogP contribution >= 0.6 is 0 Å². The molecule has 20 heavy (non-hydrogen) atoms. The van der Waals surface area contributed by atoms with E-state index in [0.29, 0.717) is 13.2 Å². The number of hydrogen-bond acceptors (Lipinski definition) is 4. The standard InChI is InChI=1S/C15H18O4S/c1-20(17,18)14-5-2-12(3-6-14)4-7-15(16)13-8-10-19-11-9-13/h2-7,13H,8-11H2,1H3/b7-4+. The molecule has 0 bridgehead atoms. The van der Waals surface area contributed by atoms with Gasteiger partial charge in [0.1, 0.15) is 0 Å². The molecule has 0 saturated carbocycles. The molecule has 0 aromatic heterocycles. The zero-order valence-corrected chi connectivity index (χ0v) is 12.2. The second kappa shape index (κ2) is 6.33. The van der Waals surface area contributed by atoms with Crippen LogP contribution in [0.1, 0.15) is 18.4 Å². The van der Waals surface area contributed by atoms with E-state index in [9.17, 15) is 13.2 Å². The van der Waals surface area contributed by atoms with Crippen LogP contribution in [0.5, 0.6) is 0 Å². The third-order valence-corrected chi connectivity index (χ3v) is 4.50. The molecule has 0 radical (unpaired) electrons. The first kappa shape index (κ1) is 14.9. The van der Waals surface area contributed by atoms with Gasteiger partial charge in [0.25, 0.3) is 0 Å². The second-order valence-electron chi connectivity index (χ2n) is 4.96. The second-order valence-corrected chi connectivity index (χ2v) is 6.98. The van der Waals surface area contributed by atoms with E-state index in [1.165, 1.54) is 6.26 Å². The van der Waals surface area contributed by atoms with Gasteiger partial charge < -0.3 is 4.74 Å². The SMILES string of the molecule is CS(=O)(=O)c1ccc(/C=C/C(=O)C2CCOCC2)cc1. The minimum atomic E-state index is -3.17. The summed E-state index contributed by atoms with van der Waals surface area (Å²) < 4.78 is 27.9. The molecular formula is C15H18O4S. The highest BCUT2D eigenvalue weighted by atomic mass is 32.2. The normalized spacial score (nSPS) is 17.4. The molecule has 0 spiro atoms. The maximum atomic E-state index is 12.0. The predicted octanol–water partition coefficient (Wildman–Crippen LogP) is 2.10. The Morgan fingerprint density at radius 3 is 2.35 bits per heavy atom. The topological polar surface area (TPSA) is 60.4 Å². The average molecular weight is 294 g/mol. The molecule has 1 heterocycles. The van der Waals surface area contributed by atoms with Crippen LogP contribution in [0.2, 0.25) is 0 Å². The van der Waals surface area contributed by atoms with E-state index in [2.05, 4.69) is 0 Å². The Labute approximate surface area is 119 Å². The van der Waals surface area contributed by atoms with E-state index >= 15 is 0 Å². The summed E-state index contributed by atoms with van der Waals surface area (Å²) in [6.45, 7) is 1.29. The molecule has 5 heteroatoms. The maximum Gasteiger partial charge on any atom is 0.175 e. The van der Waals surface area contributed by atoms with Crippen molar-refractivity contribution in [2.24, 2.45) is 5.92 Å². The lowest BCUT2D eigenvalue weighted by Gasteiger charge is -2.19. The number of ketones is 1. The van der Waals surface area contributed by atoms with Gasteiger partial charge in [-0.15, -0.1) is 0 Å². The molecule has 2 rings (SSSR count). The summed E-state index contributed by atoms with van der Waals surface area (Å²) >= 11 is 0. The maximum absolute atomic E-state index is 12.0. The van der Waals surface area contributed by atoms with Gasteiger partial charge in [0.2, 0.25) is 0 Å². The summed E-state index contributed by atoms with van der Waals surface area (Å²) in [4.78, 5) is 12.2. The van der Waals surface area contributed by atoms with Crippen molar-refractivity contribution >= 4 is 21.7 Å². The quantitative estimate of drug-likeness (QED) is 0.798. The number of ether oxygens (including phenoxy) is 1. The van der Waals surface area contributed by atoms with Crippen molar-refractivity contribution in [3.63, 3.8) is 0 Å². The Balaban J connectivity index is 2.02. The molecule has 1 aliphatic heterocycles. The summed E-state index contributed by atoms with van der Waals surface area (Å²) in [6, 6.07) is 6.50. The fraction of sp³-hybridized carbons (Fsp3) is 0.400. The van der Waals surface area contributed by atoms with Crippen molar-refractivity contribution in [3.8, 4) is 0 Å². The molecule has 108 valence electrons. The van der Waals surface area contributed by atoms with E-state index < -0.39 is 9.84 Å². The van der Waals surface area contributed by atoms with Crippen molar-refractivity contribution in [1.29, 1.82) is 0 Å². The monoisotopic (exact) mass is 294 g/mol. The molecule has 0 atom stereocenters. The Kier molecular flexibility index (Phi) is 4.73. The molecule has 1 aliphatic rings. The zero-order valence-electron chi connectivity index (χ0n) is 11.4. The summed E-state index contributed by atoms with van der Waals surface area (Å²) in [6.07, 6.45) is 6.02. The van der Waals surface area contributed by atoms with Gasteiger partial charge >= 0.3 is 0 Å². The third kappa shape index (κ3) is 4.02. The number of carbonyl (C=O) groups excluding carboxylic acids is 1. The lowest BCUT2D eigenvalue weighted by Crippen LogP contribution is -2.21. The van der Waals surface area contributed by atoms with Crippen molar-refractivity contribution in [2.45, 2.75) is 17.7 Å². The smallest absolute Gasteiger partial charge is 0.175 e. The summed E-state index contributed by atoms with van der Waals surface area (Å²) in [5, 5.41) is 0. The Morgan fingerprint density at radius 2 is 1.80 bits per heavy atom. The molecule has 4 nitrogen and oxygen atoms in total. The Hall–Kier alpha value is -1.46. The molecule has 1 aromatic carbocycles. The van der Waals surface area contributed by atoms with E-state index in [1.54, 1.807) is 36.4 Å². The number of allylic oxidation sites excluding steroid dienone is 1. The highest BCUT2D eigenvalue weighted by Crippen LogP contribution is 2.17. The van der Waals surface area contributed by atoms with Crippen molar-refractivity contribution < 1.29 is 17.9 Å². The third-order valence-electron chi connectivity index (χ3n) is 3.37. The lowest BCUT2D eigenvalue weighted by atomic mass is 9.95. The van der Waals surface area contributed by atoms with E-state index in [0.717, 1.165) is 18.4 Å². The average Bonchev–Trinajstić information content (AvgIpc) is 2.45. The van der Waals surface area contributed by atoms with Crippen LogP contribution in [0.4, 0.5) is 0 Å². The first-order valence-corrected chi connectivity index (χ1v) is 8.46. The summed E-state index contributed by atoms with van der Waals surface area (Å²) in [7, 11) is -3.17. The minimum absolute atomic E-state index is 0.0512. The van der Waals surface area contributed by atoms with Crippen LogP contribution in [0.3, 0.4) is 0 Å². The van der Waals surface area contributed by atoms with Crippen LogP contribution < -0.4 is 0 Å². The molecule has 0 unspecified atom stereocenters. The molecular weight excluding hydrogens is 276 g/mol. The minimum Gasteiger partial charge on any atom is -0.381 e. The van der Waals surface area contributed by atoms with E-state index in [-0.39, 0.29) is 16.6 Å². The Morgan fingerprint density at radius 1 is 1.20 bits per heavy atom. The highest BCUT2D eigenvalue weighted by molar-refractivity contribution is 7.90. The van der Waals surface area contributed by atoms with Crippen LogP contribution in [0.25, 0.3) is 6.08 Å². The number of sulfone groups is 1. The van der Waals surface area contributed by atoms with Gasteiger partial charge in [-0.3, -0.25) is 4.79 Å². The largest absolute Gasteiger partial charge is 0.381 e. The van der Waals surface area contributed by atoms with Crippen LogP contribution in [-0.4, -0.2) is 33.7 Å². The van der Waals surface area contributed by atoms with Crippen LogP contribution in [-0.2, 0) is 19.4 Å². The van der Waals surface area contributed by atoms with Gasteiger partial charge in [-0.1, -0.05) is 18.2 Å². The van der Waals surface area contributed by atoms with E-state index in [1.807, 2.05) is 0 Å². The van der Waals surface area contributed by atoms with Gasteiger partial charge in [-0.05, 0) is 36.6 Å². The van der Waals surface area contributed by atoms with E-state index in [4.69, 9.17) is 4.74 Å². The fourth-order valence-corrected chi connectivity index (χ4v) is 2.75. The number of carbonyl (C=O) groups is 1. The first-order chi connectivity index (χ1) is 9.47. The van der Waals surface area contributed by atoms with Crippen LogP contribution in [0.15, 0.2) is 35.2 Å². The van der Waals surface area contributed by atoms with Crippen molar-refractivity contribution in [1.82, 2.24) is 0 Å². The summed E-state index contributed by atoms with van der Waals surface area (Å²) in [5.41, 5.74) is 0.817. The van der Waals surface area contributed by atoms with Gasteiger partial charge in [0.15, 0.2) is 15.6 Å². The number of benzene rings is 1. The van der Waals surface area contributed by atoms with Crippen molar-refractivity contribution in [2.75, 3.05) is 19.5 Å². The van der Waals surface area contributed by atoms with Gasteiger partial charge in [0.05, 0.1) is 4.90 Å². The fourth-order valence-electron chi connectivity index (χ4n) is 2.12. The molecule has 0 N–H and O–H groups in total. The zero-order chi connectivity index (χ0) is 14.6. The molecule has 0 amide bonds. The Bertz CT molecular complexity index is 593. The van der Waals surface area contributed by atoms with Crippen LogP contribution in [0, 0.1) is 5.92 Å². The number of hydrogen-bond donors (Lipinski definition) is 0. The predicted molar refractivity (Wildman–Crippen MR) is 77.1 cm³/mol. The first-order valence-electron chi connectivity index (χ1n) is 6.56. The van der Waals surface area contributed by atoms with Gasteiger partial charge in [-0.2, -0.15) is 0 Å². The molecule has 1 fully saturated rings. The molecule has 1 saturated heterocycles. The van der Waals surface area contributed by atoms with Crippen molar-refractivity contribution in [3.05, 3.63) is 35.9 Å².